The van der Waals surface area contributed by atoms with E-state index in [0.717, 1.165) is 17.7 Å². The quantitative estimate of drug-likeness (QED) is 0.878. The molecule has 1 amide bonds. The number of Topliss-reactive ketones (excluding diaryl/α,β-unsaturated/α-hetero) is 1. The van der Waals surface area contributed by atoms with Crippen LogP contribution in [0.4, 0.5) is 4.79 Å². The Bertz CT molecular complexity index is 469. The average molecular weight is 263 g/mol. The van der Waals surface area contributed by atoms with Gasteiger partial charge in [0.05, 0.1) is 13.2 Å². The third kappa shape index (κ3) is 3.24. The van der Waals surface area contributed by atoms with Crippen LogP contribution in [0.1, 0.15) is 18.9 Å². The van der Waals surface area contributed by atoms with Gasteiger partial charge in [-0.05, 0) is 37.5 Å². The van der Waals surface area contributed by atoms with Gasteiger partial charge in [0, 0.05) is 0 Å². The number of carbonyl (C=O) groups is 2. The standard InChI is InChI=1S/C14H17NO4/c1-9(16)13-12(15-14(17)19-13)8-5-10-3-6-11(18-2)7-4-10/h3-4,6-7,12-13H,5,8H2,1-2H3,(H,15,17)/t12-,13?/m1/s1. The Morgan fingerprint density at radius 2 is 2.05 bits per heavy atom. The van der Waals surface area contributed by atoms with E-state index in [1.165, 1.54) is 6.92 Å². The maximum atomic E-state index is 11.4. The zero-order chi connectivity index (χ0) is 13.8. The molecule has 2 rings (SSSR count). The van der Waals surface area contributed by atoms with Crippen LogP contribution >= 0.6 is 0 Å². The number of rotatable bonds is 5. The van der Waals surface area contributed by atoms with Crippen LogP contribution in [0.25, 0.3) is 0 Å². The van der Waals surface area contributed by atoms with Crippen LogP contribution in [0, 0.1) is 0 Å². The van der Waals surface area contributed by atoms with Gasteiger partial charge in [0.1, 0.15) is 5.75 Å². The Balaban J connectivity index is 1.93. The molecule has 0 bridgehead atoms. The van der Waals surface area contributed by atoms with Gasteiger partial charge in [-0.3, -0.25) is 4.79 Å². The van der Waals surface area contributed by atoms with Crippen molar-refractivity contribution in [3.63, 3.8) is 0 Å². The molecule has 1 aromatic rings. The summed E-state index contributed by atoms with van der Waals surface area (Å²) in [7, 11) is 1.62. The van der Waals surface area contributed by atoms with Crippen LogP contribution in [-0.4, -0.2) is 31.1 Å². The predicted octanol–water partition coefficient (Wildman–Crippen LogP) is 1.69. The number of ketones is 1. The smallest absolute Gasteiger partial charge is 0.408 e. The van der Waals surface area contributed by atoms with Gasteiger partial charge in [0.15, 0.2) is 11.9 Å². The van der Waals surface area contributed by atoms with Crippen LogP contribution in [0.5, 0.6) is 5.75 Å². The van der Waals surface area contributed by atoms with Crippen LogP contribution in [-0.2, 0) is 16.0 Å². The summed E-state index contributed by atoms with van der Waals surface area (Å²) in [5, 5.41) is 2.67. The summed E-state index contributed by atoms with van der Waals surface area (Å²) in [5.41, 5.74) is 1.13. The molecule has 0 saturated carbocycles. The van der Waals surface area contributed by atoms with Crippen molar-refractivity contribution in [3.8, 4) is 5.75 Å². The zero-order valence-electron chi connectivity index (χ0n) is 11.0. The van der Waals surface area contributed by atoms with Crippen molar-refractivity contribution in [2.45, 2.75) is 31.9 Å². The maximum Gasteiger partial charge on any atom is 0.408 e. The Labute approximate surface area is 111 Å². The number of hydrogen-bond donors (Lipinski definition) is 1. The van der Waals surface area contributed by atoms with Gasteiger partial charge < -0.3 is 14.8 Å². The Morgan fingerprint density at radius 3 is 2.63 bits per heavy atom. The van der Waals surface area contributed by atoms with Gasteiger partial charge in [-0.15, -0.1) is 0 Å². The third-order valence-corrected chi connectivity index (χ3v) is 3.21. The monoisotopic (exact) mass is 263 g/mol. The summed E-state index contributed by atoms with van der Waals surface area (Å²) in [6.45, 7) is 1.44. The first-order valence-electron chi connectivity index (χ1n) is 6.20. The number of amides is 1. The van der Waals surface area contributed by atoms with Crippen molar-refractivity contribution in [1.82, 2.24) is 5.32 Å². The van der Waals surface area contributed by atoms with E-state index in [-0.39, 0.29) is 11.8 Å². The number of cyclic esters (lactones) is 1. The minimum Gasteiger partial charge on any atom is -0.497 e. The third-order valence-electron chi connectivity index (χ3n) is 3.21. The van der Waals surface area contributed by atoms with Crippen LogP contribution in [0.3, 0.4) is 0 Å². The lowest BCUT2D eigenvalue weighted by Gasteiger charge is -2.14. The molecule has 0 aromatic heterocycles. The number of hydrogen-bond acceptors (Lipinski definition) is 4. The van der Waals surface area contributed by atoms with E-state index in [0.29, 0.717) is 6.42 Å². The van der Waals surface area contributed by atoms with Crippen molar-refractivity contribution in [3.05, 3.63) is 29.8 Å². The number of ether oxygens (including phenoxy) is 2. The highest BCUT2D eigenvalue weighted by atomic mass is 16.6. The molecular weight excluding hydrogens is 246 g/mol. The summed E-state index contributed by atoms with van der Waals surface area (Å²) in [6.07, 6.45) is 0.260. The number of benzene rings is 1. The normalized spacial score (nSPS) is 21.7. The lowest BCUT2D eigenvalue weighted by atomic mass is 10.00. The number of carbonyl (C=O) groups excluding carboxylic acids is 2. The first kappa shape index (κ1) is 13.4. The number of aryl methyl sites for hydroxylation is 1. The van der Waals surface area contributed by atoms with Gasteiger partial charge in [0.2, 0.25) is 0 Å². The van der Waals surface area contributed by atoms with Gasteiger partial charge in [-0.1, -0.05) is 12.1 Å². The van der Waals surface area contributed by atoms with E-state index in [9.17, 15) is 9.59 Å². The molecule has 19 heavy (non-hydrogen) atoms. The molecule has 0 spiro atoms. The first-order chi connectivity index (χ1) is 9.10. The Morgan fingerprint density at radius 1 is 1.37 bits per heavy atom. The highest BCUT2D eigenvalue weighted by Gasteiger charge is 2.36. The van der Waals surface area contributed by atoms with Crippen LogP contribution in [0.15, 0.2) is 24.3 Å². The molecule has 1 heterocycles. The molecule has 102 valence electrons. The van der Waals surface area contributed by atoms with E-state index in [2.05, 4.69) is 5.32 Å². The minimum atomic E-state index is -0.661. The van der Waals surface area contributed by atoms with E-state index < -0.39 is 12.2 Å². The summed E-state index contributed by atoms with van der Waals surface area (Å²) in [6, 6.07) is 7.48. The largest absolute Gasteiger partial charge is 0.497 e. The van der Waals surface area contributed by atoms with Gasteiger partial charge in [-0.2, -0.15) is 0 Å². The first-order valence-corrected chi connectivity index (χ1v) is 6.20. The second kappa shape index (κ2) is 5.73. The molecule has 2 atom stereocenters. The summed E-state index contributed by atoms with van der Waals surface area (Å²) in [5.74, 6) is 0.681. The molecule has 1 saturated heterocycles. The number of alkyl carbamates (subject to hydrolysis) is 1. The van der Waals surface area contributed by atoms with Crippen molar-refractivity contribution in [1.29, 1.82) is 0 Å². The molecule has 1 unspecified atom stereocenters. The SMILES string of the molecule is COc1ccc(CC[C@H]2NC(=O)OC2C(C)=O)cc1. The minimum absolute atomic E-state index is 0.127. The van der Waals surface area contributed by atoms with Crippen molar-refractivity contribution >= 4 is 11.9 Å². The average Bonchev–Trinajstić information content (AvgIpc) is 2.78. The molecule has 1 aliphatic rings. The lowest BCUT2D eigenvalue weighted by Crippen LogP contribution is -2.35. The summed E-state index contributed by atoms with van der Waals surface area (Å²) >= 11 is 0. The molecule has 0 aliphatic carbocycles. The molecule has 1 aromatic carbocycles. The lowest BCUT2D eigenvalue weighted by molar-refractivity contribution is -0.124. The molecule has 1 N–H and O–H groups in total. The van der Waals surface area contributed by atoms with E-state index in [1.54, 1.807) is 7.11 Å². The summed E-state index contributed by atoms with van der Waals surface area (Å²) in [4.78, 5) is 22.5. The van der Waals surface area contributed by atoms with Gasteiger partial charge in [0.25, 0.3) is 0 Å². The summed E-state index contributed by atoms with van der Waals surface area (Å²) < 4.78 is 10.0. The van der Waals surface area contributed by atoms with Gasteiger partial charge >= 0.3 is 6.09 Å². The molecule has 1 aliphatic heterocycles. The van der Waals surface area contributed by atoms with E-state index in [4.69, 9.17) is 9.47 Å². The molecule has 1 fully saturated rings. The van der Waals surface area contributed by atoms with Gasteiger partial charge in [-0.25, -0.2) is 4.79 Å². The fraction of sp³-hybridized carbons (Fsp3) is 0.429. The van der Waals surface area contributed by atoms with Crippen LogP contribution in [0.2, 0.25) is 0 Å². The second-order valence-corrected chi connectivity index (χ2v) is 4.57. The number of methoxy groups -OCH3 is 1. The van der Waals surface area contributed by atoms with Crippen molar-refractivity contribution in [2.75, 3.05) is 7.11 Å². The van der Waals surface area contributed by atoms with E-state index >= 15 is 0 Å². The fourth-order valence-corrected chi connectivity index (χ4v) is 2.16. The highest BCUT2D eigenvalue weighted by molar-refractivity contribution is 5.86. The number of nitrogens with one attached hydrogen (secondary N) is 1. The Hall–Kier alpha value is -2.04. The van der Waals surface area contributed by atoms with Crippen LogP contribution < -0.4 is 10.1 Å². The molecule has 5 nitrogen and oxygen atoms in total. The fourth-order valence-electron chi connectivity index (χ4n) is 2.16. The molecule has 5 heteroatoms. The maximum absolute atomic E-state index is 11.4. The van der Waals surface area contributed by atoms with E-state index in [1.807, 2.05) is 24.3 Å². The predicted molar refractivity (Wildman–Crippen MR) is 69.2 cm³/mol. The zero-order valence-corrected chi connectivity index (χ0v) is 11.0. The molecular formula is C14H17NO4. The Kier molecular flexibility index (Phi) is 4.04. The second-order valence-electron chi connectivity index (χ2n) is 4.57. The molecule has 0 radical (unpaired) electrons. The highest BCUT2D eigenvalue weighted by Crippen LogP contribution is 2.17. The van der Waals surface area contributed by atoms with Crippen molar-refractivity contribution in [2.24, 2.45) is 0 Å². The topological polar surface area (TPSA) is 64.6 Å². The van der Waals surface area contributed by atoms with Crippen molar-refractivity contribution < 1.29 is 19.1 Å².